The molecule has 1 aliphatic carbocycles. The van der Waals surface area contributed by atoms with Gasteiger partial charge in [0, 0.05) is 13.0 Å². The van der Waals surface area contributed by atoms with Gasteiger partial charge < -0.3 is 19.5 Å². The lowest BCUT2D eigenvalue weighted by molar-refractivity contribution is -0.0390. The third kappa shape index (κ3) is 6.02. The largest absolute Gasteiger partial charge is 0.444 e. The number of nitrogens with one attached hydrogen (secondary N) is 1. The van der Waals surface area contributed by atoms with Gasteiger partial charge in [-0.25, -0.2) is 4.79 Å². The van der Waals surface area contributed by atoms with E-state index in [1.165, 1.54) is 0 Å². The second-order valence-electron chi connectivity index (χ2n) is 5.41. The molecule has 0 saturated heterocycles. The average molecular weight is 257 g/mol. The fourth-order valence-corrected chi connectivity index (χ4v) is 1.75. The van der Waals surface area contributed by atoms with Gasteiger partial charge in [0.1, 0.15) is 12.4 Å². The smallest absolute Gasteiger partial charge is 0.408 e. The van der Waals surface area contributed by atoms with Crippen molar-refractivity contribution < 1.29 is 19.0 Å². The Balaban J connectivity index is 2.22. The maximum absolute atomic E-state index is 11.6. The molecule has 5 heteroatoms. The molecule has 0 aromatic carbocycles. The minimum Gasteiger partial charge on any atom is -0.444 e. The number of hydrogen-bond acceptors (Lipinski definition) is 4. The molecular formula is C13H23NO4. The fourth-order valence-electron chi connectivity index (χ4n) is 1.75. The molecule has 18 heavy (non-hydrogen) atoms. The van der Waals surface area contributed by atoms with Gasteiger partial charge in [-0.2, -0.15) is 0 Å². The Morgan fingerprint density at radius 1 is 1.39 bits per heavy atom. The van der Waals surface area contributed by atoms with E-state index in [1.54, 1.807) is 7.11 Å². The van der Waals surface area contributed by atoms with E-state index < -0.39 is 5.60 Å². The van der Waals surface area contributed by atoms with Crippen molar-refractivity contribution in [3.05, 3.63) is 12.2 Å². The molecule has 5 nitrogen and oxygen atoms in total. The molecule has 0 aliphatic heterocycles. The highest BCUT2D eigenvalue weighted by Gasteiger charge is 2.23. The Morgan fingerprint density at radius 2 is 2.11 bits per heavy atom. The van der Waals surface area contributed by atoms with Crippen LogP contribution in [0.15, 0.2) is 12.2 Å². The lowest BCUT2D eigenvalue weighted by Gasteiger charge is -2.21. The number of methoxy groups -OCH3 is 1. The van der Waals surface area contributed by atoms with Gasteiger partial charge in [0.15, 0.2) is 0 Å². The lowest BCUT2D eigenvalue weighted by Crippen LogP contribution is -2.37. The molecule has 1 N–H and O–H groups in total. The molecule has 0 aromatic heterocycles. The van der Waals surface area contributed by atoms with Gasteiger partial charge in [-0.15, -0.1) is 0 Å². The number of hydrogen-bond donors (Lipinski definition) is 1. The number of amides is 1. The summed E-state index contributed by atoms with van der Waals surface area (Å²) < 4.78 is 15.3. The SMILES string of the molecule is COCOC[C@@H]1C=C[C@H](NC(=O)OC(C)(C)C)C1. The number of carbonyl (C=O) groups is 1. The maximum atomic E-state index is 11.6. The molecule has 0 unspecified atom stereocenters. The van der Waals surface area contributed by atoms with Crippen molar-refractivity contribution in [1.82, 2.24) is 5.32 Å². The first kappa shape index (κ1) is 15.0. The highest BCUT2D eigenvalue weighted by molar-refractivity contribution is 5.68. The van der Waals surface area contributed by atoms with E-state index in [1.807, 2.05) is 26.8 Å². The first-order valence-corrected chi connectivity index (χ1v) is 6.15. The van der Waals surface area contributed by atoms with Crippen molar-refractivity contribution >= 4 is 6.09 Å². The van der Waals surface area contributed by atoms with E-state index in [0.29, 0.717) is 19.3 Å². The van der Waals surface area contributed by atoms with Crippen LogP contribution in [0.3, 0.4) is 0 Å². The summed E-state index contributed by atoms with van der Waals surface area (Å²) in [7, 11) is 1.59. The van der Waals surface area contributed by atoms with Crippen LogP contribution in [-0.2, 0) is 14.2 Å². The van der Waals surface area contributed by atoms with Crippen molar-refractivity contribution in [2.45, 2.75) is 38.8 Å². The summed E-state index contributed by atoms with van der Waals surface area (Å²) in [4.78, 5) is 11.6. The highest BCUT2D eigenvalue weighted by atomic mass is 16.7. The minimum atomic E-state index is -0.465. The molecule has 1 rings (SSSR count). The predicted molar refractivity (Wildman–Crippen MR) is 68.2 cm³/mol. The zero-order valence-electron chi connectivity index (χ0n) is 11.6. The van der Waals surface area contributed by atoms with E-state index in [-0.39, 0.29) is 12.1 Å². The Morgan fingerprint density at radius 3 is 2.72 bits per heavy atom. The van der Waals surface area contributed by atoms with Gasteiger partial charge in [0.25, 0.3) is 0 Å². The van der Waals surface area contributed by atoms with Crippen LogP contribution < -0.4 is 5.32 Å². The van der Waals surface area contributed by atoms with Crippen LogP contribution in [-0.4, -0.2) is 38.2 Å². The van der Waals surface area contributed by atoms with Crippen LogP contribution >= 0.6 is 0 Å². The average Bonchev–Trinajstić information content (AvgIpc) is 2.63. The Labute approximate surface area is 108 Å². The van der Waals surface area contributed by atoms with Gasteiger partial charge in [0.2, 0.25) is 0 Å². The number of ether oxygens (including phenoxy) is 3. The van der Waals surface area contributed by atoms with Crippen molar-refractivity contribution in [3.63, 3.8) is 0 Å². The van der Waals surface area contributed by atoms with E-state index in [9.17, 15) is 4.79 Å². The van der Waals surface area contributed by atoms with Crippen molar-refractivity contribution in [2.75, 3.05) is 20.5 Å². The minimum absolute atomic E-state index is 0.0241. The topological polar surface area (TPSA) is 56.8 Å². The zero-order chi connectivity index (χ0) is 13.6. The molecule has 0 saturated carbocycles. The monoisotopic (exact) mass is 257 g/mol. The lowest BCUT2D eigenvalue weighted by atomic mass is 10.1. The van der Waals surface area contributed by atoms with Crippen LogP contribution in [0.4, 0.5) is 4.79 Å². The third-order valence-corrected chi connectivity index (χ3v) is 2.41. The van der Waals surface area contributed by atoms with E-state index in [4.69, 9.17) is 14.2 Å². The van der Waals surface area contributed by atoms with Crippen molar-refractivity contribution in [1.29, 1.82) is 0 Å². The molecular weight excluding hydrogens is 234 g/mol. The van der Waals surface area contributed by atoms with Gasteiger partial charge in [-0.3, -0.25) is 0 Å². The van der Waals surface area contributed by atoms with Crippen LogP contribution in [0.25, 0.3) is 0 Å². The van der Waals surface area contributed by atoms with Crippen LogP contribution in [0, 0.1) is 5.92 Å². The maximum Gasteiger partial charge on any atom is 0.408 e. The Bertz CT molecular complexity index is 296. The molecule has 0 aromatic rings. The van der Waals surface area contributed by atoms with Crippen LogP contribution in [0.1, 0.15) is 27.2 Å². The molecule has 0 spiro atoms. The van der Waals surface area contributed by atoms with Gasteiger partial charge in [-0.1, -0.05) is 12.2 Å². The summed E-state index contributed by atoms with van der Waals surface area (Å²) in [6.07, 6.45) is 4.49. The molecule has 2 atom stereocenters. The second kappa shape index (κ2) is 6.75. The number of alkyl carbamates (subject to hydrolysis) is 1. The number of rotatable bonds is 5. The van der Waals surface area contributed by atoms with E-state index in [2.05, 4.69) is 11.4 Å². The number of carbonyl (C=O) groups excluding carboxylic acids is 1. The fraction of sp³-hybridized carbons (Fsp3) is 0.769. The van der Waals surface area contributed by atoms with Crippen LogP contribution in [0.5, 0.6) is 0 Å². The Kier molecular flexibility index (Phi) is 5.62. The molecule has 0 heterocycles. The van der Waals surface area contributed by atoms with E-state index >= 15 is 0 Å². The predicted octanol–water partition coefficient (Wildman–Crippen LogP) is 2.08. The third-order valence-electron chi connectivity index (χ3n) is 2.41. The van der Waals surface area contributed by atoms with Crippen LogP contribution in [0.2, 0.25) is 0 Å². The standard InChI is InChI=1S/C13H23NO4/c1-13(2,3)18-12(15)14-11-6-5-10(7-11)8-17-9-16-4/h5-6,10-11H,7-9H2,1-4H3,(H,14,15)/t10-,11+/m1/s1. The quantitative estimate of drug-likeness (QED) is 0.465. The van der Waals surface area contributed by atoms with E-state index in [0.717, 1.165) is 6.42 Å². The second-order valence-corrected chi connectivity index (χ2v) is 5.41. The van der Waals surface area contributed by atoms with Gasteiger partial charge in [-0.05, 0) is 27.2 Å². The van der Waals surface area contributed by atoms with Gasteiger partial charge >= 0.3 is 6.09 Å². The molecule has 104 valence electrons. The van der Waals surface area contributed by atoms with Crippen molar-refractivity contribution in [2.24, 2.45) is 5.92 Å². The molecule has 1 aliphatic rings. The van der Waals surface area contributed by atoms with Crippen molar-refractivity contribution in [3.8, 4) is 0 Å². The molecule has 0 bridgehead atoms. The summed E-state index contributed by atoms with van der Waals surface area (Å²) in [5.74, 6) is 0.320. The first-order valence-electron chi connectivity index (χ1n) is 6.15. The zero-order valence-corrected chi connectivity index (χ0v) is 11.6. The molecule has 0 radical (unpaired) electrons. The summed E-state index contributed by atoms with van der Waals surface area (Å²) in [6.45, 7) is 6.45. The summed E-state index contributed by atoms with van der Waals surface area (Å²) in [5, 5.41) is 2.82. The molecule has 1 amide bonds. The first-order chi connectivity index (χ1) is 8.40. The summed E-state index contributed by atoms with van der Waals surface area (Å²) >= 11 is 0. The summed E-state index contributed by atoms with van der Waals surface area (Å²) in [6, 6.07) is 0.0241. The summed E-state index contributed by atoms with van der Waals surface area (Å²) in [5.41, 5.74) is -0.465. The Hall–Kier alpha value is -1.07. The normalized spacial score (nSPS) is 23.1. The molecule has 0 fully saturated rings. The van der Waals surface area contributed by atoms with Gasteiger partial charge in [0.05, 0.1) is 12.6 Å². The highest BCUT2D eigenvalue weighted by Crippen LogP contribution is 2.18.